The molecule has 0 spiro atoms. The zero-order valence-corrected chi connectivity index (χ0v) is 13.9. The third-order valence-electron chi connectivity index (χ3n) is 3.65. The number of rotatable bonds is 4. The van der Waals surface area contributed by atoms with E-state index >= 15 is 0 Å². The maximum absolute atomic E-state index is 12.2. The Balaban J connectivity index is 2.10. The van der Waals surface area contributed by atoms with Gasteiger partial charge in [0.25, 0.3) is 10.0 Å². The highest BCUT2D eigenvalue weighted by Crippen LogP contribution is 2.32. The Morgan fingerprint density at radius 2 is 2.30 bits per heavy atom. The van der Waals surface area contributed by atoms with Crippen molar-refractivity contribution in [3.8, 4) is 0 Å². The summed E-state index contributed by atoms with van der Waals surface area (Å²) in [5, 5.41) is 17.7. The summed E-state index contributed by atoms with van der Waals surface area (Å²) in [6.45, 7) is 2.08. The number of sulfonamides is 1. The number of nitrogens with zero attached hydrogens (tertiary/aromatic N) is 3. The fourth-order valence-corrected chi connectivity index (χ4v) is 4.91. The minimum absolute atomic E-state index is 0.0112. The maximum Gasteiger partial charge on any atom is 0.260 e. The number of nitrogens with one attached hydrogen (secondary N) is 1. The number of halogens is 1. The zero-order valence-electron chi connectivity index (χ0n) is 11.5. The summed E-state index contributed by atoms with van der Waals surface area (Å²) in [6, 6.07) is 0. The standard InChI is InChI=1S/C11H19BrN4O3S/c1-8-4-3-5-11(17,6-8)7-13-20(18,19)10-9(12)14-15-16(10)2/h8,13,17H,3-7H2,1-2H3. The van der Waals surface area contributed by atoms with Gasteiger partial charge in [-0.3, -0.25) is 0 Å². The van der Waals surface area contributed by atoms with Crippen molar-refractivity contribution in [2.45, 2.75) is 43.2 Å². The summed E-state index contributed by atoms with van der Waals surface area (Å²) >= 11 is 3.07. The predicted molar refractivity (Wildman–Crippen MR) is 76.5 cm³/mol. The fourth-order valence-electron chi connectivity index (χ4n) is 2.70. The van der Waals surface area contributed by atoms with Crippen LogP contribution in [0.15, 0.2) is 9.63 Å². The van der Waals surface area contributed by atoms with E-state index in [2.05, 4.69) is 37.9 Å². The number of aryl methyl sites for hydroxylation is 1. The molecule has 1 aliphatic rings. The van der Waals surface area contributed by atoms with Crippen molar-refractivity contribution < 1.29 is 13.5 Å². The molecule has 2 unspecified atom stereocenters. The molecule has 1 aromatic rings. The van der Waals surface area contributed by atoms with Crippen LogP contribution in [0.1, 0.15) is 32.6 Å². The van der Waals surface area contributed by atoms with E-state index in [-0.39, 0.29) is 16.2 Å². The van der Waals surface area contributed by atoms with E-state index in [1.165, 1.54) is 11.7 Å². The number of aliphatic hydroxyl groups is 1. The molecule has 7 nitrogen and oxygen atoms in total. The van der Waals surface area contributed by atoms with E-state index in [1.807, 2.05) is 0 Å². The molecule has 0 saturated heterocycles. The van der Waals surface area contributed by atoms with Crippen LogP contribution >= 0.6 is 15.9 Å². The molecule has 2 N–H and O–H groups in total. The van der Waals surface area contributed by atoms with Crippen LogP contribution in [0.2, 0.25) is 0 Å². The summed E-state index contributed by atoms with van der Waals surface area (Å²) in [5.74, 6) is 0.406. The number of aromatic nitrogens is 3. The largest absolute Gasteiger partial charge is 0.389 e. The molecule has 1 aliphatic carbocycles. The Bertz CT molecular complexity index is 569. The molecule has 0 radical (unpaired) electrons. The predicted octanol–water partition coefficient (Wildman–Crippen LogP) is 0.797. The van der Waals surface area contributed by atoms with Crippen LogP contribution in [0, 0.1) is 5.92 Å². The van der Waals surface area contributed by atoms with Crippen LogP contribution in [-0.4, -0.2) is 40.7 Å². The lowest BCUT2D eigenvalue weighted by Crippen LogP contribution is -2.46. The van der Waals surface area contributed by atoms with Crippen LogP contribution in [0.5, 0.6) is 0 Å². The molecule has 20 heavy (non-hydrogen) atoms. The van der Waals surface area contributed by atoms with Crippen molar-refractivity contribution in [2.75, 3.05) is 6.54 Å². The van der Waals surface area contributed by atoms with Gasteiger partial charge in [-0.05, 0) is 34.7 Å². The third-order valence-corrected chi connectivity index (χ3v) is 5.94. The molecule has 1 fully saturated rings. The second kappa shape index (κ2) is 5.70. The summed E-state index contributed by atoms with van der Waals surface area (Å²) < 4.78 is 28.3. The quantitative estimate of drug-likeness (QED) is 0.821. The third kappa shape index (κ3) is 3.38. The van der Waals surface area contributed by atoms with E-state index < -0.39 is 15.6 Å². The lowest BCUT2D eigenvalue weighted by Gasteiger charge is -2.35. The molecule has 0 aromatic carbocycles. The fraction of sp³-hybridized carbons (Fsp3) is 0.818. The van der Waals surface area contributed by atoms with Gasteiger partial charge in [0.1, 0.15) is 0 Å². The molecular formula is C11H19BrN4O3S. The topological polar surface area (TPSA) is 97.1 Å². The maximum atomic E-state index is 12.2. The van der Waals surface area contributed by atoms with Crippen molar-refractivity contribution in [3.63, 3.8) is 0 Å². The SMILES string of the molecule is CC1CCCC(O)(CNS(=O)(=O)c2c(Br)nnn2C)C1. The molecule has 2 rings (SSSR count). The van der Waals surface area contributed by atoms with Crippen molar-refractivity contribution >= 4 is 26.0 Å². The van der Waals surface area contributed by atoms with Crippen LogP contribution in [0.25, 0.3) is 0 Å². The van der Waals surface area contributed by atoms with Gasteiger partial charge in [0.15, 0.2) is 4.60 Å². The van der Waals surface area contributed by atoms with Crippen LogP contribution in [0.4, 0.5) is 0 Å². The normalized spacial score (nSPS) is 27.7. The smallest absolute Gasteiger partial charge is 0.260 e. The van der Waals surface area contributed by atoms with Gasteiger partial charge in [0.05, 0.1) is 5.60 Å². The summed E-state index contributed by atoms with van der Waals surface area (Å²) in [5.41, 5.74) is -0.969. The molecule has 1 saturated carbocycles. The van der Waals surface area contributed by atoms with Gasteiger partial charge < -0.3 is 5.11 Å². The first-order valence-corrected chi connectivity index (χ1v) is 8.78. The van der Waals surface area contributed by atoms with Gasteiger partial charge in [-0.15, -0.1) is 5.10 Å². The highest BCUT2D eigenvalue weighted by atomic mass is 79.9. The second-order valence-corrected chi connectivity index (χ2v) is 7.99. The van der Waals surface area contributed by atoms with Crippen molar-refractivity contribution in [1.82, 2.24) is 19.7 Å². The average Bonchev–Trinajstić information content (AvgIpc) is 2.67. The van der Waals surface area contributed by atoms with Gasteiger partial charge >= 0.3 is 0 Å². The van der Waals surface area contributed by atoms with Gasteiger partial charge in [0, 0.05) is 13.6 Å². The van der Waals surface area contributed by atoms with Gasteiger partial charge in [0.2, 0.25) is 5.03 Å². The van der Waals surface area contributed by atoms with E-state index in [0.29, 0.717) is 18.8 Å². The Hall–Kier alpha value is -0.510. The Labute approximate surface area is 126 Å². The molecule has 1 heterocycles. The minimum Gasteiger partial charge on any atom is -0.389 e. The minimum atomic E-state index is -3.75. The van der Waals surface area contributed by atoms with Crippen molar-refractivity contribution in [2.24, 2.45) is 13.0 Å². The molecule has 0 aliphatic heterocycles. The number of hydrogen-bond acceptors (Lipinski definition) is 5. The van der Waals surface area contributed by atoms with E-state index in [0.717, 1.165) is 12.8 Å². The Morgan fingerprint density at radius 1 is 1.60 bits per heavy atom. The number of hydrogen-bond donors (Lipinski definition) is 2. The van der Waals surface area contributed by atoms with Crippen molar-refractivity contribution in [3.05, 3.63) is 4.60 Å². The van der Waals surface area contributed by atoms with Gasteiger partial charge in [-0.2, -0.15) is 0 Å². The molecular weight excluding hydrogens is 348 g/mol. The van der Waals surface area contributed by atoms with Crippen molar-refractivity contribution in [1.29, 1.82) is 0 Å². The molecule has 0 amide bonds. The lowest BCUT2D eigenvalue weighted by atomic mass is 9.79. The van der Waals surface area contributed by atoms with E-state index in [1.54, 1.807) is 0 Å². The first-order valence-electron chi connectivity index (χ1n) is 6.51. The first-order chi connectivity index (χ1) is 9.23. The van der Waals surface area contributed by atoms with Crippen LogP contribution < -0.4 is 4.72 Å². The summed E-state index contributed by atoms with van der Waals surface area (Å²) in [4.78, 5) is 0. The highest BCUT2D eigenvalue weighted by molar-refractivity contribution is 9.10. The lowest BCUT2D eigenvalue weighted by molar-refractivity contribution is -0.00754. The highest BCUT2D eigenvalue weighted by Gasteiger charge is 2.35. The van der Waals surface area contributed by atoms with E-state index in [9.17, 15) is 13.5 Å². The molecule has 114 valence electrons. The van der Waals surface area contributed by atoms with Crippen LogP contribution in [0.3, 0.4) is 0 Å². The molecule has 1 aromatic heterocycles. The van der Waals surface area contributed by atoms with Gasteiger partial charge in [-0.1, -0.05) is 25.0 Å². The molecule has 2 atom stereocenters. The van der Waals surface area contributed by atoms with Gasteiger partial charge in [-0.25, -0.2) is 17.8 Å². The monoisotopic (exact) mass is 366 g/mol. The van der Waals surface area contributed by atoms with E-state index in [4.69, 9.17) is 0 Å². The second-order valence-electron chi connectivity index (χ2n) is 5.56. The Morgan fingerprint density at radius 3 is 2.85 bits per heavy atom. The first kappa shape index (κ1) is 15.9. The average molecular weight is 367 g/mol. The summed E-state index contributed by atoms with van der Waals surface area (Å²) in [7, 11) is -2.25. The molecule has 0 bridgehead atoms. The molecule has 9 heteroatoms. The Kier molecular flexibility index (Phi) is 4.53. The summed E-state index contributed by atoms with van der Waals surface area (Å²) in [6.07, 6.45) is 3.22. The van der Waals surface area contributed by atoms with Crippen LogP contribution in [-0.2, 0) is 17.1 Å². The zero-order chi connectivity index (χ0) is 15.0.